The van der Waals surface area contributed by atoms with Crippen LogP contribution in [0.4, 0.5) is 4.39 Å². The van der Waals surface area contributed by atoms with Crippen LogP contribution in [-0.4, -0.2) is 0 Å². The van der Waals surface area contributed by atoms with Crippen molar-refractivity contribution in [1.82, 2.24) is 0 Å². The molecule has 0 aliphatic carbocycles. The average molecular weight is 392 g/mol. The molecule has 18 heavy (non-hydrogen) atoms. The van der Waals surface area contributed by atoms with E-state index in [0.717, 1.165) is 11.1 Å². The van der Waals surface area contributed by atoms with Gasteiger partial charge in [-0.15, -0.1) is 0 Å². The molecule has 0 aromatic heterocycles. The Morgan fingerprint density at radius 2 is 1.94 bits per heavy atom. The Labute approximate surface area is 127 Å². The number of hydrogen-bond acceptors (Lipinski definition) is 0. The number of alkyl halides is 1. The Morgan fingerprint density at radius 3 is 2.61 bits per heavy atom. The molecule has 0 spiro atoms. The van der Waals surface area contributed by atoms with Crippen LogP contribution in [0.3, 0.4) is 0 Å². The van der Waals surface area contributed by atoms with Gasteiger partial charge in [-0.3, -0.25) is 0 Å². The first-order valence-electron chi connectivity index (χ1n) is 5.34. The van der Waals surface area contributed by atoms with E-state index in [1.54, 1.807) is 6.07 Å². The highest BCUT2D eigenvalue weighted by Gasteiger charge is 2.16. The summed E-state index contributed by atoms with van der Waals surface area (Å²) in [5, 5.41) is 0.503. The molecule has 0 saturated carbocycles. The molecule has 1 atom stereocenters. The first-order chi connectivity index (χ1) is 8.49. The van der Waals surface area contributed by atoms with Crippen molar-refractivity contribution in [2.75, 3.05) is 0 Å². The molecular weight excluding hydrogens is 382 g/mol. The highest BCUT2D eigenvalue weighted by molar-refractivity contribution is 9.10. The van der Waals surface area contributed by atoms with E-state index >= 15 is 0 Å². The number of aryl methyl sites for hydroxylation is 1. The summed E-state index contributed by atoms with van der Waals surface area (Å²) < 4.78 is 14.5. The maximum Gasteiger partial charge on any atom is 0.129 e. The summed E-state index contributed by atoms with van der Waals surface area (Å²) in [5.74, 6) is -0.283. The highest BCUT2D eigenvalue weighted by Crippen LogP contribution is 2.36. The molecule has 1 unspecified atom stereocenters. The minimum Gasteiger partial charge on any atom is -0.207 e. The lowest BCUT2D eigenvalue weighted by molar-refractivity contribution is 0.612. The topological polar surface area (TPSA) is 0 Å². The Kier molecular flexibility index (Phi) is 4.46. The lowest BCUT2D eigenvalue weighted by atomic mass is 10.0. The van der Waals surface area contributed by atoms with Gasteiger partial charge in [-0.05, 0) is 40.5 Å². The first kappa shape index (κ1) is 14.0. The van der Waals surface area contributed by atoms with E-state index in [1.807, 2.05) is 31.2 Å². The van der Waals surface area contributed by atoms with Crippen LogP contribution >= 0.6 is 43.5 Å². The molecule has 2 rings (SSSR count). The zero-order valence-electron chi connectivity index (χ0n) is 9.55. The summed E-state index contributed by atoms with van der Waals surface area (Å²) in [6, 6.07) is 11.0. The third kappa shape index (κ3) is 2.95. The molecule has 4 heteroatoms. The van der Waals surface area contributed by atoms with Crippen molar-refractivity contribution in [3.8, 4) is 0 Å². The quantitative estimate of drug-likeness (QED) is 0.432. The highest BCUT2D eigenvalue weighted by atomic mass is 79.9. The molecule has 0 N–H and O–H groups in total. The SMILES string of the molecule is Cc1cccc(C(Br)c2cc(Cl)c(Br)cc2F)c1. The van der Waals surface area contributed by atoms with E-state index in [1.165, 1.54) is 6.07 Å². The third-order valence-corrected chi connectivity index (χ3v) is 4.87. The Balaban J connectivity index is 2.46. The minimum absolute atomic E-state index is 0.206. The van der Waals surface area contributed by atoms with Gasteiger partial charge in [-0.25, -0.2) is 4.39 Å². The average Bonchev–Trinajstić information content (AvgIpc) is 2.33. The summed E-state index contributed by atoms with van der Waals surface area (Å²) in [4.78, 5) is -0.206. The van der Waals surface area contributed by atoms with Crippen molar-refractivity contribution in [3.05, 3.63) is 68.4 Å². The molecule has 0 bridgehead atoms. The predicted octanol–water partition coefficient (Wildman–Crippen LogP) is 6.03. The Morgan fingerprint density at radius 1 is 1.22 bits per heavy atom. The number of halogens is 4. The summed E-state index contributed by atoms with van der Waals surface area (Å²) in [7, 11) is 0. The zero-order valence-corrected chi connectivity index (χ0v) is 13.5. The van der Waals surface area contributed by atoms with E-state index < -0.39 is 0 Å². The van der Waals surface area contributed by atoms with E-state index in [0.29, 0.717) is 15.1 Å². The minimum atomic E-state index is -0.283. The summed E-state index contributed by atoms with van der Waals surface area (Å²) in [5.41, 5.74) is 2.68. The van der Waals surface area contributed by atoms with Crippen LogP contribution in [0.1, 0.15) is 21.5 Å². The van der Waals surface area contributed by atoms with Gasteiger partial charge in [-0.1, -0.05) is 57.4 Å². The maximum atomic E-state index is 13.9. The van der Waals surface area contributed by atoms with Crippen molar-refractivity contribution >= 4 is 43.5 Å². The lowest BCUT2D eigenvalue weighted by Crippen LogP contribution is -1.97. The second kappa shape index (κ2) is 5.72. The molecule has 0 radical (unpaired) electrons. The molecule has 2 aromatic carbocycles. The van der Waals surface area contributed by atoms with Crippen molar-refractivity contribution in [1.29, 1.82) is 0 Å². The second-order valence-electron chi connectivity index (χ2n) is 4.06. The molecule has 94 valence electrons. The number of rotatable bonds is 2. The van der Waals surface area contributed by atoms with E-state index in [2.05, 4.69) is 31.9 Å². The molecule has 0 aliphatic heterocycles. The Bertz CT molecular complexity index is 584. The molecule has 2 aromatic rings. The van der Waals surface area contributed by atoms with Crippen LogP contribution in [0.15, 0.2) is 40.9 Å². The van der Waals surface area contributed by atoms with Crippen LogP contribution in [0, 0.1) is 12.7 Å². The molecule has 0 amide bonds. The molecule has 0 aliphatic rings. The zero-order chi connectivity index (χ0) is 13.3. The fourth-order valence-electron chi connectivity index (χ4n) is 1.74. The predicted molar refractivity (Wildman–Crippen MR) is 81.1 cm³/mol. The van der Waals surface area contributed by atoms with Crippen molar-refractivity contribution in [3.63, 3.8) is 0 Å². The van der Waals surface area contributed by atoms with Crippen LogP contribution in [0.5, 0.6) is 0 Å². The van der Waals surface area contributed by atoms with Gasteiger partial charge in [0.05, 0.1) is 9.85 Å². The number of benzene rings is 2. The van der Waals surface area contributed by atoms with Crippen molar-refractivity contribution in [2.45, 2.75) is 11.8 Å². The fraction of sp³-hybridized carbons (Fsp3) is 0.143. The molecule has 0 fully saturated rings. The van der Waals surface area contributed by atoms with Crippen molar-refractivity contribution < 1.29 is 4.39 Å². The second-order valence-corrected chi connectivity index (χ2v) is 6.24. The monoisotopic (exact) mass is 390 g/mol. The first-order valence-corrected chi connectivity index (χ1v) is 7.43. The van der Waals surface area contributed by atoms with Gasteiger partial charge < -0.3 is 0 Å². The Hall–Kier alpha value is -0.380. The standard InChI is InChI=1S/C14H10Br2ClF/c1-8-3-2-4-9(5-8)14(16)10-6-12(17)11(15)7-13(10)18/h2-7,14H,1H3. The maximum absolute atomic E-state index is 13.9. The third-order valence-electron chi connectivity index (χ3n) is 2.65. The van der Waals surface area contributed by atoms with Crippen molar-refractivity contribution in [2.24, 2.45) is 0 Å². The van der Waals surface area contributed by atoms with Crippen LogP contribution in [-0.2, 0) is 0 Å². The summed E-state index contributed by atoms with van der Waals surface area (Å²) in [6.07, 6.45) is 0. The summed E-state index contributed by atoms with van der Waals surface area (Å²) in [6.45, 7) is 2.01. The van der Waals surface area contributed by atoms with Crippen LogP contribution < -0.4 is 0 Å². The molecule has 0 nitrogen and oxygen atoms in total. The van der Waals surface area contributed by atoms with Crippen LogP contribution in [0.25, 0.3) is 0 Å². The van der Waals surface area contributed by atoms with Gasteiger partial charge in [0.2, 0.25) is 0 Å². The molecular formula is C14H10Br2ClF. The van der Waals surface area contributed by atoms with Crippen LogP contribution in [0.2, 0.25) is 5.02 Å². The largest absolute Gasteiger partial charge is 0.207 e. The van der Waals surface area contributed by atoms with Gasteiger partial charge in [0.15, 0.2) is 0 Å². The lowest BCUT2D eigenvalue weighted by Gasteiger charge is -2.13. The van der Waals surface area contributed by atoms with E-state index in [4.69, 9.17) is 11.6 Å². The number of hydrogen-bond donors (Lipinski definition) is 0. The fourth-order valence-corrected chi connectivity index (χ4v) is 2.86. The van der Waals surface area contributed by atoms with Gasteiger partial charge in [0, 0.05) is 10.0 Å². The summed E-state index contributed by atoms with van der Waals surface area (Å²) >= 11 is 12.7. The van der Waals surface area contributed by atoms with Gasteiger partial charge in [0.25, 0.3) is 0 Å². The smallest absolute Gasteiger partial charge is 0.129 e. The molecule has 0 saturated heterocycles. The van der Waals surface area contributed by atoms with Gasteiger partial charge in [0.1, 0.15) is 5.82 Å². The molecule has 0 heterocycles. The van der Waals surface area contributed by atoms with E-state index in [9.17, 15) is 4.39 Å². The van der Waals surface area contributed by atoms with Gasteiger partial charge >= 0.3 is 0 Å². The van der Waals surface area contributed by atoms with Gasteiger partial charge in [-0.2, -0.15) is 0 Å². The normalized spacial score (nSPS) is 12.5. The van der Waals surface area contributed by atoms with E-state index in [-0.39, 0.29) is 10.6 Å².